The standard InChI is InChI=1S/C19H22ClN3O3/c1-11(2)23-10-15(12(3)21-23)18(24)22-8-16(17(9-22)19(25)26)13-4-6-14(20)7-5-13/h4-7,10-11,16-17H,8-9H2,1-3H3,(H,25,26)/t16-,17+/m0/s1. The second-order valence-corrected chi connectivity index (χ2v) is 7.45. The summed E-state index contributed by atoms with van der Waals surface area (Å²) in [6, 6.07) is 7.31. The lowest BCUT2D eigenvalue weighted by Gasteiger charge is -2.16. The van der Waals surface area contributed by atoms with E-state index in [9.17, 15) is 14.7 Å². The van der Waals surface area contributed by atoms with Gasteiger partial charge in [-0.2, -0.15) is 5.10 Å². The topological polar surface area (TPSA) is 75.4 Å². The van der Waals surface area contributed by atoms with Gasteiger partial charge in [0.2, 0.25) is 0 Å². The average molecular weight is 376 g/mol. The van der Waals surface area contributed by atoms with E-state index in [4.69, 9.17) is 11.6 Å². The van der Waals surface area contributed by atoms with E-state index in [0.29, 0.717) is 22.8 Å². The predicted octanol–water partition coefficient (Wildman–Crippen LogP) is 3.37. The molecule has 1 aliphatic rings. The number of aliphatic carboxylic acids is 1. The van der Waals surface area contributed by atoms with Crippen molar-refractivity contribution in [2.24, 2.45) is 5.92 Å². The molecule has 1 aromatic carbocycles. The van der Waals surface area contributed by atoms with E-state index in [-0.39, 0.29) is 24.4 Å². The molecule has 0 bridgehead atoms. The molecule has 0 unspecified atom stereocenters. The summed E-state index contributed by atoms with van der Waals surface area (Å²) in [5.74, 6) is -1.96. The lowest BCUT2D eigenvalue weighted by atomic mass is 9.89. The summed E-state index contributed by atoms with van der Waals surface area (Å²) >= 11 is 5.93. The van der Waals surface area contributed by atoms with Gasteiger partial charge in [0.05, 0.1) is 17.2 Å². The first-order chi connectivity index (χ1) is 12.3. The van der Waals surface area contributed by atoms with Crippen LogP contribution in [0, 0.1) is 12.8 Å². The maximum Gasteiger partial charge on any atom is 0.308 e. The Morgan fingerprint density at radius 2 is 1.88 bits per heavy atom. The van der Waals surface area contributed by atoms with E-state index in [1.165, 1.54) is 0 Å². The molecule has 0 saturated carbocycles. The number of benzene rings is 1. The predicted molar refractivity (Wildman–Crippen MR) is 98.6 cm³/mol. The Kier molecular flexibility index (Phi) is 5.05. The van der Waals surface area contributed by atoms with Gasteiger partial charge in [0.15, 0.2) is 0 Å². The second kappa shape index (κ2) is 7.11. The van der Waals surface area contributed by atoms with Crippen LogP contribution in [0.25, 0.3) is 0 Å². The van der Waals surface area contributed by atoms with Crippen molar-refractivity contribution in [2.45, 2.75) is 32.7 Å². The van der Waals surface area contributed by atoms with Gasteiger partial charge in [-0.15, -0.1) is 0 Å². The zero-order valence-corrected chi connectivity index (χ0v) is 15.8. The minimum absolute atomic E-state index is 0.155. The highest BCUT2D eigenvalue weighted by Crippen LogP contribution is 2.34. The number of rotatable bonds is 4. The van der Waals surface area contributed by atoms with Crippen molar-refractivity contribution in [3.8, 4) is 0 Å². The van der Waals surface area contributed by atoms with E-state index >= 15 is 0 Å². The fourth-order valence-electron chi connectivity index (χ4n) is 3.39. The van der Waals surface area contributed by atoms with Gasteiger partial charge in [0.1, 0.15) is 0 Å². The van der Waals surface area contributed by atoms with E-state index in [0.717, 1.165) is 5.56 Å². The monoisotopic (exact) mass is 375 g/mol. The van der Waals surface area contributed by atoms with Crippen LogP contribution in [0.3, 0.4) is 0 Å². The summed E-state index contributed by atoms with van der Waals surface area (Å²) in [7, 11) is 0. The normalized spacial score (nSPS) is 20.0. The molecule has 3 rings (SSSR count). The molecule has 1 amide bonds. The summed E-state index contributed by atoms with van der Waals surface area (Å²) < 4.78 is 1.75. The van der Waals surface area contributed by atoms with Crippen molar-refractivity contribution in [3.63, 3.8) is 0 Å². The lowest BCUT2D eigenvalue weighted by Crippen LogP contribution is -2.30. The first kappa shape index (κ1) is 18.5. The van der Waals surface area contributed by atoms with Crippen LogP contribution in [0.4, 0.5) is 0 Å². The molecule has 138 valence electrons. The van der Waals surface area contributed by atoms with Crippen molar-refractivity contribution >= 4 is 23.5 Å². The SMILES string of the molecule is Cc1nn(C(C)C)cc1C(=O)N1C[C@@H](C(=O)O)[C@H](c2ccc(Cl)cc2)C1. The van der Waals surface area contributed by atoms with E-state index in [1.807, 2.05) is 26.0 Å². The third-order valence-corrected chi connectivity index (χ3v) is 5.15. The van der Waals surface area contributed by atoms with E-state index in [1.54, 1.807) is 34.8 Å². The van der Waals surface area contributed by atoms with E-state index in [2.05, 4.69) is 5.10 Å². The zero-order valence-electron chi connectivity index (χ0n) is 15.0. The van der Waals surface area contributed by atoms with Gasteiger partial charge in [-0.1, -0.05) is 23.7 Å². The fourth-order valence-corrected chi connectivity index (χ4v) is 3.52. The molecule has 2 aromatic rings. The van der Waals surface area contributed by atoms with Crippen molar-refractivity contribution < 1.29 is 14.7 Å². The molecule has 0 spiro atoms. The van der Waals surface area contributed by atoms with Gasteiger partial charge in [0.25, 0.3) is 5.91 Å². The number of likely N-dealkylation sites (tertiary alicyclic amines) is 1. The molecule has 1 aliphatic heterocycles. The van der Waals surface area contributed by atoms with Crippen LogP contribution in [-0.2, 0) is 4.79 Å². The molecule has 0 radical (unpaired) electrons. The van der Waals surface area contributed by atoms with Gasteiger partial charge < -0.3 is 10.0 Å². The number of carboxylic acid groups (broad SMARTS) is 1. The third kappa shape index (κ3) is 3.46. The molecule has 0 aliphatic carbocycles. The zero-order chi connectivity index (χ0) is 19.0. The van der Waals surface area contributed by atoms with Crippen LogP contribution in [-0.4, -0.2) is 44.8 Å². The quantitative estimate of drug-likeness (QED) is 0.888. The highest BCUT2D eigenvalue weighted by atomic mass is 35.5. The van der Waals surface area contributed by atoms with Crippen molar-refractivity contribution in [3.05, 3.63) is 52.3 Å². The summed E-state index contributed by atoms with van der Waals surface area (Å²) in [5.41, 5.74) is 2.07. The molecule has 2 heterocycles. The van der Waals surface area contributed by atoms with Crippen LogP contribution in [0.15, 0.2) is 30.5 Å². The maximum atomic E-state index is 13.0. The molecule has 7 heteroatoms. The summed E-state index contributed by atoms with van der Waals surface area (Å²) in [5, 5.41) is 14.6. The minimum Gasteiger partial charge on any atom is -0.481 e. The van der Waals surface area contributed by atoms with Crippen LogP contribution in [0.1, 0.15) is 47.4 Å². The van der Waals surface area contributed by atoms with Gasteiger partial charge in [-0.3, -0.25) is 14.3 Å². The number of amides is 1. The first-order valence-corrected chi connectivity index (χ1v) is 8.99. The highest BCUT2D eigenvalue weighted by Gasteiger charge is 2.41. The summed E-state index contributed by atoms with van der Waals surface area (Å²) in [6.07, 6.45) is 1.74. The fraction of sp³-hybridized carbons (Fsp3) is 0.421. The molecule has 1 N–H and O–H groups in total. The molecule has 2 atom stereocenters. The van der Waals surface area contributed by atoms with Crippen molar-refractivity contribution in [1.29, 1.82) is 0 Å². The Balaban J connectivity index is 1.86. The van der Waals surface area contributed by atoms with Gasteiger partial charge in [-0.25, -0.2) is 0 Å². The number of nitrogens with zero attached hydrogens (tertiary/aromatic N) is 3. The van der Waals surface area contributed by atoms with Gasteiger partial charge in [0, 0.05) is 36.3 Å². The number of carboxylic acids is 1. The summed E-state index contributed by atoms with van der Waals surface area (Å²) in [4.78, 5) is 26.3. The van der Waals surface area contributed by atoms with E-state index < -0.39 is 11.9 Å². The Labute approximate surface area is 157 Å². The number of carbonyl (C=O) groups excluding carboxylic acids is 1. The number of aryl methyl sites for hydroxylation is 1. The lowest BCUT2D eigenvalue weighted by molar-refractivity contribution is -0.141. The van der Waals surface area contributed by atoms with Crippen LogP contribution in [0.5, 0.6) is 0 Å². The Morgan fingerprint density at radius 3 is 2.42 bits per heavy atom. The van der Waals surface area contributed by atoms with Crippen molar-refractivity contribution in [1.82, 2.24) is 14.7 Å². The number of aromatic nitrogens is 2. The minimum atomic E-state index is -0.894. The molecular formula is C19H22ClN3O3. The highest BCUT2D eigenvalue weighted by molar-refractivity contribution is 6.30. The second-order valence-electron chi connectivity index (χ2n) is 7.01. The van der Waals surface area contributed by atoms with Gasteiger partial charge in [-0.05, 0) is 38.5 Å². The number of carbonyl (C=O) groups is 2. The number of halogens is 1. The summed E-state index contributed by atoms with van der Waals surface area (Å²) in [6.45, 7) is 6.34. The third-order valence-electron chi connectivity index (χ3n) is 4.90. The molecule has 1 saturated heterocycles. The number of hydrogen-bond acceptors (Lipinski definition) is 3. The molecule has 26 heavy (non-hydrogen) atoms. The first-order valence-electron chi connectivity index (χ1n) is 8.61. The molecule has 1 aromatic heterocycles. The number of hydrogen-bond donors (Lipinski definition) is 1. The molecular weight excluding hydrogens is 354 g/mol. The smallest absolute Gasteiger partial charge is 0.308 e. The van der Waals surface area contributed by atoms with Crippen LogP contribution in [0.2, 0.25) is 5.02 Å². The average Bonchev–Trinajstić information content (AvgIpc) is 3.19. The van der Waals surface area contributed by atoms with Gasteiger partial charge >= 0.3 is 5.97 Å². The molecule has 1 fully saturated rings. The Bertz CT molecular complexity index is 829. The molecule has 6 nitrogen and oxygen atoms in total. The Hall–Kier alpha value is -2.34. The van der Waals surface area contributed by atoms with Crippen LogP contribution >= 0.6 is 11.6 Å². The maximum absolute atomic E-state index is 13.0. The van der Waals surface area contributed by atoms with Crippen LogP contribution < -0.4 is 0 Å². The Morgan fingerprint density at radius 1 is 1.23 bits per heavy atom. The van der Waals surface area contributed by atoms with Crippen molar-refractivity contribution in [2.75, 3.05) is 13.1 Å². The largest absolute Gasteiger partial charge is 0.481 e.